The van der Waals surface area contributed by atoms with Crippen molar-refractivity contribution in [3.05, 3.63) is 35.0 Å². The average molecular weight is 255 g/mol. The molecule has 100 valence electrons. The van der Waals surface area contributed by atoms with Crippen molar-refractivity contribution in [2.24, 2.45) is 5.92 Å². The first-order valence-electron chi connectivity index (χ1n) is 7.25. The van der Waals surface area contributed by atoms with Crippen LogP contribution in [0.25, 0.3) is 10.9 Å². The summed E-state index contributed by atoms with van der Waals surface area (Å²) in [4.78, 5) is 15.4. The summed E-state index contributed by atoms with van der Waals surface area (Å²) in [6.45, 7) is 4.27. The molecule has 1 fully saturated rings. The molecule has 0 spiro atoms. The second-order valence-electron chi connectivity index (χ2n) is 5.93. The minimum atomic E-state index is 0.244. The number of carbonyl (C=O) groups excluding carboxylic acids is 1. The molecule has 1 unspecified atom stereocenters. The number of Topliss-reactive ketones (excluding diaryl/α,β-unsaturated/α-hetero) is 1. The number of ketones is 1. The molecule has 1 heterocycles. The number of carbonyl (C=O) groups is 1. The minimum absolute atomic E-state index is 0.244. The Labute approximate surface area is 114 Å². The molecule has 1 aromatic heterocycles. The van der Waals surface area contributed by atoms with Gasteiger partial charge in [0, 0.05) is 29.4 Å². The van der Waals surface area contributed by atoms with Crippen molar-refractivity contribution in [2.45, 2.75) is 46.0 Å². The summed E-state index contributed by atoms with van der Waals surface area (Å²) >= 11 is 0. The first-order chi connectivity index (χ1) is 9.15. The van der Waals surface area contributed by atoms with E-state index in [2.05, 4.69) is 37.2 Å². The number of aromatic nitrogens is 1. The van der Waals surface area contributed by atoms with E-state index in [1.807, 2.05) is 0 Å². The smallest absolute Gasteiger partial charge is 0.136 e. The molecule has 1 aromatic carbocycles. The Kier molecular flexibility index (Phi) is 3.17. The monoisotopic (exact) mass is 255 g/mol. The van der Waals surface area contributed by atoms with Crippen LogP contribution >= 0.6 is 0 Å². The summed E-state index contributed by atoms with van der Waals surface area (Å²) in [5.41, 5.74) is 5.11. The molecule has 1 saturated carbocycles. The van der Waals surface area contributed by atoms with Crippen molar-refractivity contribution in [3.8, 4) is 0 Å². The zero-order valence-electron chi connectivity index (χ0n) is 11.8. The maximum Gasteiger partial charge on any atom is 0.136 e. The summed E-state index contributed by atoms with van der Waals surface area (Å²) in [5, 5.41) is 1.30. The number of hydrogen-bond acceptors (Lipinski definition) is 1. The highest BCUT2D eigenvalue weighted by molar-refractivity contribution is 5.88. The van der Waals surface area contributed by atoms with Gasteiger partial charge in [0.15, 0.2) is 0 Å². The van der Waals surface area contributed by atoms with E-state index in [9.17, 15) is 4.79 Å². The fraction of sp³-hybridized carbons (Fsp3) is 0.471. The largest absolute Gasteiger partial charge is 0.361 e. The standard InChI is InChI=1S/C17H21NO/c1-11-7-12(2)17-15(8-11)14(10-18-17)9-13-5-3-4-6-16(13)19/h7-8,10,13,18H,3-6,9H2,1-2H3. The molecule has 0 saturated heterocycles. The fourth-order valence-corrected chi connectivity index (χ4v) is 3.35. The molecule has 3 rings (SSSR count). The Bertz CT molecular complexity index is 623. The van der Waals surface area contributed by atoms with Gasteiger partial charge in [-0.25, -0.2) is 0 Å². The number of rotatable bonds is 2. The number of aromatic amines is 1. The second-order valence-corrected chi connectivity index (χ2v) is 5.93. The molecule has 19 heavy (non-hydrogen) atoms. The maximum atomic E-state index is 12.0. The van der Waals surface area contributed by atoms with Crippen LogP contribution in [0.1, 0.15) is 42.4 Å². The van der Waals surface area contributed by atoms with Gasteiger partial charge in [-0.1, -0.05) is 18.1 Å². The van der Waals surface area contributed by atoms with E-state index in [4.69, 9.17) is 0 Å². The summed E-state index contributed by atoms with van der Waals surface area (Å²) in [7, 11) is 0. The van der Waals surface area contributed by atoms with E-state index in [0.717, 1.165) is 25.7 Å². The third kappa shape index (κ3) is 2.32. The quantitative estimate of drug-likeness (QED) is 0.861. The third-order valence-corrected chi connectivity index (χ3v) is 4.36. The summed E-state index contributed by atoms with van der Waals surface area (Å²) in [5.74, 6) is 0.707. The fourth-order valence-electron chi connectivity index (χ4n) is 3.35. The summed E-state index contributed by atoms with van der Waals surface area (Å²) < 4.78 is 0. The van der Waals surface area contributed by atoms with Crippen LogP contribution in [-0.4, -0.2) is 10.8 Å². The lowest BCUT2D eigenvalue weighted by molar-refractivity contribution is -0.124. The molecule has 1 N–H and O–H groups in total. The van der Waals surface area contributed by atoms with E-state index in [0.29, 0.717) is 5.78 Å². The highest BCUT2D eigenvalue weighted by atomic mass is 16.1. The molecular weight excluding hydrogens is 234 g/mol. The van der Waals surface area contributed by atoms with E-state index in [1.165, 1.54) is 34.0 Å². The molecule has 2 heteroatoms. The van der Waals surface area contributed by atoms with Crippen LogP contribution in [0, 0.1) is 19.8 Å². The van der Waals surface area contributed by atoms with Crippen LogP contribution < -0.4 is 0 Å². The van der Waals surface area contributed by atoms with Gasteiger partial charge in [-0.3, -0.25) is 4.79 Å². The highest BCUT2D eigenvalue weighted by Gasteiger charge is 2.23. The lowest BCUT2D eigenvalue weighted by Crippen LogP contribution is -2.20. The van der Waals surface area contributed by atoms with E-state index in [-0.39, 0.29) is 5.92 Å². The van der Waals surface area contributed by atoms with Crippen LogP contribution in [0.2, 0.25) is 0 Å². The van der Waals surface area contributed by atoms with Crippen molar-refractivity contribution in [1.82, 2.24) is 4.98 Å². The predicted molar refractivity (Wildman–Crippen MR) is 78.4 cm³/mol. The van der Waals surface area contributed by atoms with Gasteiger partial charge in [-0.15, -0.1) is 0 Å². The van der Waals surface area contributed by atoms with Gasteiger partial charge in [0.2, 0.25) is 0 Å². The topological polar surface area (TPSA) is 32.9 Å². The Hall–Kier alpha value is -1.57. The number of benzene rings is 1. The van der Waals surface area contributed by atoms with Gasteiger partial charge in [-0.2, -0.15) is 0 Å². The maximum absolute atomic E-state index is 12.0. The SMILES string of the molecule is Cc1cc(C)c2[nH]cc(CC3CCCCC3=O)c2c1. The Morgan fingerprint density at radius 1 is 1.26 bits per heavy atom. The summed E-state index contributed by atoms with van der Waals surface area (Å²) in [6, 6.07) is 4.44. The average Bonchev–Trinajstić information content (AvgIpc) is 2.76. The van der Waals surface area contributed by atoms with E-state index < -0.39 is 0 Å². The summed E-state index contributed by atoms with van der Waals surface area (Å²) in [6.07, 6.45) is 7.14. The molecule has 2 aromatic rings. The molecule has 1 aliphatic rings. The number of aryl methyl sites for hydroxylation is 2. The first kappa shape index (κ1) is 12.5. The molecule has 2 nitrogen and oxygen atoms in total. The van der Waals surface area contributed by atoms with Crippen molar-refractivity contribution in [2.75, 3.05) is 0 Å². The molecule has 0 amide bonds. The van der Waals surface area contributed by atoms with Crippen LogP contribution in [0.4, 0.5) is 0 Å². The van der Waals surface area contributed by atoms with Gasteiger partial charge in [0.05, 0.1) is 0 Å². The number of H-pyrrole nitrogens is 1. The van der Waals surface area contributed by atoms with Gasteiger partial charge in [-0.05, 0) is 50.3 Å². The van der Waals surface area contributed by atoms with Crippen LogP contribution in [0.5, 0.6) is 0 Å². The Morgan fingerprint density at radius 3 is 2.89 bits per heavy atom. The third-order valence-electron chi connectivity index (χ3n) is 4.36. The number of fused-ring (bicyclic) bond motifs is 1. The molecule has 0 bridgehead atoms. The van der Waals surface area contributed by atoms with Crippen molar-refractivity contribution in [3.63, 3.8) is 0 Å². The van der Waals surface area contributed by atoms with Gasteiger partial charge >= 0.3 is 0 Å². The Balaban J connectivity index is 1.95. The normalized spacial score (nSPS) is 20.1. The predicted octanol–water partition coefficient (Wildman–Crippen LogP) is 4.09. The van der Waals surface area contributed by atoms with Crippen molar-refractivity contribution >= 4 is 16.7 Å². The lowest BCUT2D eigenvalue weighted by Gasteiger charge is -2.20. The van der Waals surface area contributed by atoms with E-state index >= 15 is 0 Å². The second kappa shape index (κ2) is 4.84. The molecule has 0 aliphatic heterocycles. The Morgan fingerprint density at radius 2 is 2.11 bits per heavy atom. The number of nitrogens with one attached hydrogen (secondary N) is 1. The van der Waals surface area contributed by atoms with Crippen LogP contribution in [0.3, 0.4) is 0 Å². The number of hydrogen-bond donors (Lipinski definition) is 1. The minimum Gasteiger partial charge on any atom is -0.361 e. The van der Waals surface area contributed by atoms with Gasteiger partial charge in [0.25, 0.3) is 0 Å². The first-order valence-corrected chi connectivity index (χ1v) is 7.25. The van der Waals surface area contributed by atoms with Crippen LogP contribution in [-0.2, 0) is 11.2 Å². The molecule has 0 radical (unpaired) electrons. The zero-order valence-corrected chi connectivity index (χ0v) is 11.8. The van der Waals surface area contributed by atoms with Crippen LogP contribution in [0.15, 0.2) is 18.3 Å². The molecular formula is C17H21NO. The van der Waals surface area contributed by atoms with E-state index in [1.54, 1.807) is 0 Å². The van der Waals surface area contributed by atoms with Gasteiger partial charge < -0.3 is 4.98 Å². The van der Waals surface area contributed by atoms with Crippen molar-refractivity contribution in [1.29, 1.82) is 0 Å². The molecule has 1 aliphatic carbocycles. The van der Waals surface area contributed by atoms with Crippen molar-refractivity contribution < 1.29 is 4.79 Å². The lowest BCUT2D eigenvalue weighted by atomic mass is 9.83. The van der Waals surface area contributed by atoms with Gasteiger partial charge in [0.1, 0.15) is 5.78 Å². The zero-order chi connectivity index (χ0) is 13.4. The molecule has 1 atom stereocenters. The highest BCUT2D eigenvalue weighted by Crippen LogP contribution is 2.29.